The van der Waals surface area contributed by atoms with Crippen LogP contribution in [0.15, 0.2) is 18.2 Å². The summed E-state index contributed by atoms with van der Waals surface area (Å²) in [6, 6.07) is 5.26. The molecule has 0 amide bonds. The summed E-state index contributed by atoms with van der Waals surface area (Å²) >= 11 is 0. The average molecular weight is 263 g/mol. The molecule has 0 atom stereocenters. The summed E-state index contributed by atoms with van der Waals surface area (Å²) in [7, 11) is 0. The molecule has 0 N–H and O–H groups in total. The van der Waals surface area contributed by atoms with Crippen molar-refractivity contribution in [2.24, 2.45) is 0 Å². The van der Waals surface area contributed by atoms with Gasteiger partial charge in [0.15, 0.2) is 5.78 Å². The molecule has 1 heterocycles. The normalized spacial score (nSPS) is 13.5. The van der Waals surface area contributed by atoms with Crippen molar-refractivity contribution in [3.05, 3.63) is 23.8 Å². The quantitative estimate of drug-likeness (QED) is 0.610. The molecule has 0 saturated heterocycles. The van der Waals surface area contributed by atoms with E-state index in [9.17, 15) is 9.59 Å². The van der Waals surface area contributed by atoms with E-state index in [1.807, 2.05) is 4.90 Å². The van der Waals surface area contributed by atoms with E-state index in [1.54, 1.807) is 25.1 Å². The van der Waals surface area contributed by atoms with Crippen LogP contribution in [0.4, 0.5) is 5.69 Å². The highest BCUT2D eigenvalue weighted by Gasteiger charge is 2.21. The van der Waals surface area contributed by atoms with Crippen LogP contribution in [-0.4, -0.2) is 38.1 Å². The van der Waals surface area contributed by atoms with Crippen LogP contribution in [0.3, 0.4) is 0 Å². The highest BCUT2D eigenvalue weighted by molar-refractivity contribution is 5.95. The third-order valence-electron chi connectivity index (χ3n) is 2.95. The summed E-state index contributed by atoms with van der Waals surface area (Å²) < 4.78 is 10.5. The zero-order chi connectivity index (χ0) is 13.8. The van der Waals surface area contributed by atoms with Crippen molar-refractivity contribution in [3.63, 3.8) is 0 Å². The molecule has 2 rings (SSSR count). The van der Waals surface area contributed by atoms with E-state index < -0.39 is 0 Å². The molecule has 0 bridgehead atoms. The second kappa shape index (κ2) is 5.73. The molecule has 0 saturated carbocycles. The van der Waals surface area contributed by atoms with E-state index in [4.69, 9.17) is 9.47 Å². The number of rotatable bonds is 4. The van der Waals surface area contributed by atoms with E-state index in [1.165, 1.54) is 6.92 Å². The van der Waals surface area contributed by atoms with Crippen LogP contribution in [0.25, 0.3) is 0 Å². The number of esters is 1. The van der Waals surface area contributed by atoms with Crippen molar-refractivity contribution in [3.8, 4) is 5.75 Å². The number of carbonyl (C=O) groups excluding carboxylic acids is 2. The summed E-state index contributed by atoms with van der Waals surface area (Å²) in [6.07, 6.45) is 0. The molecule has 102 valence electrons. The van der Waals surface area contributed by atoms with E-state index in [0.717, 1.165) is 5.69 Å². The van der Waals surface area contributed by atoms with Gasteiger partial charge in [-0.05, 0) is 32.0 Å². The second-order valence-electron chi connectivity index (χ2n) is 4.31. The Kier molecular flexibility index (Phi) is 4.04. The molecule has 1 aromatic carbocycles. The molecule has 0 aliphatic carbocycles. The lowest BCUT2D eigenvalue weighted by atomic mass is 10.1. The minimum atomic E-state index is -0.274. The SMILES string of the molecule is CCOC(=O)CN1CCOc2ccc(C(C)=O)cc21. The van der Waals surface area contributed by atoms with Gasteiger partial charge in [0.2, 0.25) is 0 Å². The monoisotopic (exact) mass is 263 g/mol. The number of ether oxygens (including phenoxy) is 2. The number of benzene rings is 1. The maximum absolute atomic E-state index is 11.6. The number of fused-ring (bicyclic) bond motifs is 1. The van der Waals surface area contributed by atoms with Gasteiger partial charge >= 0.3 is 5.97 Å². The van der Waals surface area contributed by atoms with Gasteiger partial charge in [0.05, 0.1) is 18.8 Å². The van der Waals surface area contributed by atoms with Crippen molar-refractivity contribution < 1.29 is 19.1 Å². The molecule has 0 fully saturated rings. The Morgan fingerprint density at radius 2 is 2.21 bits per heavy atom. The predicted octanol–water partition coefficient (Wildman–Crippen LogP) is 1.65. The Balaban J connectivity index is 2.24. The van der Waals surface area contributed by atoms with Gasteiger partial charge in [0, 0.05) is 5.56 Å². The molecule has 5 nitrogen and oxygen atoms in total. The van der Waals surface area contributed by atoms with E-state index >= 15 is 0 Å². The molecule has 1 aromatic rings. The summed E-state index contributed by atoms with van der Waals surface area (Å²) in [5, 5.41) is 0. The molecular formula is C14H17NO4. The van der Waals surface area contributed by atoms with Crippen LogP contribution in [-0.2, 0) is 9.53 Å². The number of Topliss-reactive ketones (excluding diaryl/α,β-unsaturated/α-hetero) is 1. The fourth-order valence-corrected chi connectivity index (χ4v) is 2.02. The molecule has 0 unspecified atom stereocenters. The number of ketones is 1. The van der Waals surface area contributed by atoms with Crippen LogP contribution < -0.4 is 9.64 Å². The number of hydrogen-bond acceptors (Lipinski definition) is 5. The van der Waals surface area contributed by atoms with Crippen LogP contribution in [0.2, 0.25) is 0 Å². The van der Waals surface area contributed by atoms with Gasteiger partial charge in [-0.3, -0.25) is 9.59 Å². The molecule has 0 spiro atoms. The van der Waals surface area contributed by atoms with Crippen molar-refractivity contribution in [1.82, 2.24) is 0 Å². The van der Waals surface area contributed by atoms with Gasteiger partial charge in [-0.15, -0.1) is 0 Å². The summed E-state index contributed by atoms with van der Waals surface area (Å²) in [6.45, 7) is 4.95. The van der Waals surface area contributed by atoms with Gasteiger partial charge in [-0.1, -0.05) is 0 Å². The van der Waals surface area contributed by atoms with Crippen LogP contribution in [0.1, 0.15) is 24.2 Å². The molecule has 19 heavy (non-hydrogen) atoms. The predicted molar refractivity (Wildman–Crippen MR) is 70.8 cm³/mol. The Morgan fingerprint density at radius 3 is 2.89 bits per heavy atom. The number of anilines is 1. The van der Waals surface area contributed by atoms with Crippen molar-refractivity contribution in [2.45, 2.75) is 13.8 Å². The van der Waals surface area contributed by atoms with Gasteiger partial charge in [-0.25, -0.2) is 0 Å². The number of hydrogen-bond donors (Lipinski definition) is 0. The topological polar surface area (TPSA) is 55.8 Å². The maximum atomic E-state index is 11.6. The lowest BCUT2D eigenvalue weighted by Gasteiger charge is -2.30. The molecule has 0 radical (unpaired) electrons. The van der Waals surface area contributed by atoms with Crippen LogP contribution in [0, 0.1) is 0 Å². The van der Waals surface area contributed by atoms with Crippen molar-refractivity contribution in [1.29, 1.82) is 0 Å². The maximum Gasteiger partial charge on any atom is 0.325 e. The van der Waals surface area contributed by atoms with E-state index in [-0.39, 0.29) is 18.3 Å². The molecular weight excluding hydrogens is 246 g/mol. The lowest BCUT2D eigenvalue weighted by molar-refractivity contribution is -0.141. The van der Waals surface area contributed by atoms with Crippen LogP contribution >= 0.6 is 0 Å². The molecule has 0 aromatic heterocycles. The zero-order valence-corrected chi connectivity index (χ0v) is 11.1. The average Bonchev–Trinajstić information content (AvgIpc) is 2.38. The number of carbonyl (C=O) groups is 2. The Bertz CT molecular complexity index is 498. The van der Waals surface area contributed by atoms with E-state index in [0.29, 0.717) is 31.1 Å². The Morgan fingerprint density at radius 1 is 1.42 bits per heavy atom. The zero-order valence-electron chi connectivity index (χ0n) is 11.1. The first kappa shape index (κ1) is 13.4. The smallest absolute Gasteiger partial charge is 0.325 e. The molecule has 5 heteroatoms. The molecule has 1 aliphatic rings. The third kappa shape index (κ3) is 3.05. The highest BCUT2D eigenvalue weighted by Crippen LogP contribution is 2.32. The van der Waals surface area contributed by atoms with E-state index in [2.05, 4.69) is 0 Å². The highest BCUT2D eigenvalue weighted by atomic mass is 16.5. The lowest BCUT2D eigenvalue weighted by Crippen LogP contribution is -2.37. The number of nitrogens with zero attached hydrogens (tertiary/aromatic N) is 1. The first-order valence-electron chi connectivity index (χ1n) is 6.30. The van der Waals surface area contributed by atoms with Crippen molar-refractivity contribution >= 4 is 17.4 Å². The summed E-state index contributed by atoms with van der Waals surface area (Å²) in [4.78, 5) is 24.9. The fourth-order valence-electron chi connectivity index (χ4n) is 2.02. The second-order valence-corrected chi connectivity index (χ2v) is 4.31. The first-order valence-corrected chi connectivity index (χ1v) is 6.30. The minimum absolute atomic E-state index is 0.00976. The van der Waals surface area contributed by atoms with Gasteiger partial charge in [0.25, 0.3) is 0 Å². The van der Waals surface area contributed by atoms with Gasteiger partial charge in [-0.2, -0.15) is 0 Å². The van der Waals surface area contributed by atoms with Crippen molar-refractivity contribution in [2.75, 3.05) is 31.2 Å². The standard InChI is InChI=1S/C14H17NO4/c1-3-18-14(17)9-15-6-7-19-13-5-4-11(10(2)16)8-12(13)15/h4-5,8H,3,6-7,9H2,1-2H3. The third-order valence-corrected chi connectivity index (χ3v) is 2.95. The summed E-state index contributed by atoms with van der Waals surface area (Å²) in [5.41, 5.74) is 1.38. The fraction of sp³-hybridized carbons (Fsp3) is 0.429. The summed E-state index contributed by atoms with van der Waals surface area (Å²) in [5.74, 6) is 0.411. The Hall–Kier alpha value is -2.04. The van der Waals surface area contributed by atoms with Crippen LogP contribution in [0.5, 0.6) is 5.75 Å². The first-order chi connectivity index (χ1) is 9.11. The minimum Gasteiger partial charge on any atom is -0.490 e. The largest absolute Gasteiger partial charge is 0.490 e. The van der Waals surface area contributed by atoms with Gasteiger partial charge in [0.1, 0.15) is 18.9 Å². The molecule has 1 aliphatic heterocycles. The van der Waals surface area contributed by atoms with Gasteiger partial charge < -0.3 is 14.4 Å². The Labute approximate surface area is 112 Å².